The van der Waals surface area contributed by atoms with Crippen LogP contribution >= 0.6 is 0 Å². The van der Waals surface area contributed by atoms with E-state index in [1.54, 1.807) is 0 Å². The summed E-state index contributed by atoms with van der Waals surface area (Å²) >= 11 is 0. The zero-order chi connectivity index (χ0) is 22.7. The number of nitro groups is 1. The monoisotopic (exact) mass is 431 g/mol. The quantitative estimate of drug-likeness (QED) is 0.0638. The minimum Gasteiger partial charge on any atom is -0.352 e. The molecule has 0 spiro atoms. The first kappa shape index (κ1) is 26.4. The van der Waals surface area contributed by atoms with Gasteiger partial charge in [0.2, 0.25) is 0 Å². The number of nitro benzene ring substituents is 1. The van der Waals surface area contributed by atoms with Crippen LogP contribution in [0.5, 0.6) is 0 Å². The molecule has 0 fully saturated rings. The number of azide groups is 1. The third-order valence-electron chi connectivity index (χ3n) is 5.40. The van der Waals surface area contributed by atoms with E-state index in [0.29, 0.717) is 6.54 Å². The number of rotatable bonds is 18. The van der Waals surface area contributed by atoms with Crippen molar-refractivity contribution < 1.29 is 9.72 Å². The Balaban J connectivity index is 2.12. The lowest BCUT2D eigenvalue weighted by Crippen LogP contribution is -2.25. The maximum absolute atomic E-state index is 12.3. The molecule has 1 aromatic rings. The fourth-order valence-electron chi connectivity index (χ4n) is 3.60. The molecule has 1 N–H and O–H groups in total. The first-order valence-corrected chi connectivity index (χ1v) is 11.7. The molecule has 0 saturated heterocycles. The molecule has 0 radical (unpaired) electrons. The Morgan fingerprint density at radius 1 is 0.968 bits per heavy atom. The standard InChI is InChI=1S/C23H37N5O3/c1-2-3-4-5-6-7-8-9-10-11-12-13-14-15-18-25-23(29)21-19-20(26-27-24)16-17-22(21)28(30)31/h16-17,19H,2-15,18H2,1H3,(H,25,29). The van der Waals surface area contributed by atoms with Gasteiger partial charge in [-0.05, 0) is 24.1 Å². The minimum absolute atomic E-state index is 0.0831. The van der Waals surface area contributed by atoms with E-state index in [-0.39, 0.29) is 16.9 Å². The number of hydrogen-bond donors (Lipinski definition) is 1. The van der Waals surface area contributed by atoms with E-state index in [4.69, 9.17) is 5.53 Å². The van der Waals surface area contributed by atoms with Crippen molar-refractivity contribution in [2.24, 2.45) is 5.11 Å². The van der Waals surface area contributed by atoms with Crippen molar-refractivity contribution in [3.05, 3.63) is 44.3 Å². The Bertz CT molecular complexity index is 717. The number of carbonyl (C=O) groups is 1. The van der Waals surface area contributed by atoms with Gasteiger partial charge in [0, 0.05) is 23.2 Å². The summed E-state index contributed by atoms with van der Waals surface area (Å²) in [7, 11) is 0. The first-order valence-electron chi connectivity index (χ1n) is 11.7. The highest BCUT2D eigenvalue weighted by Crippen LogP contribution is 2.24. The Labute approximate surface area is 185 Å². The molecule has 172 valence electrons. The van der Waals surface area contributed by atoms with Crippen molar-refractivity contribution in [2.45, 2.75) is 96.8 Å². The largest absolute Gasteiger partial charge is 0.352 e. The van der Waals surface area contributed by atoms with Gasteiger partial charge in [0.15, 0.2) is 0 Å². The Kier molecular flexibility index (Phi) is 14.6. The Hall–Kier alpha value is -2.60. The zero-order valence-electron chi connectivity index (χ0n) is 18.9. The van der Waals surface area contributed by atoms with Gasteiger partial charge in [-0.1, -0.05) is 95.5 Å². The molecule has 8 heteroatoms. The molecule has 0 aromatic heterocycles. The van der Waals surface area contributed by atoms with Gasteiger partial charge in [0.1, 0.15) is 5.56 Å². The molecule has 0 unspecified atom stereocenters. The van der Waals surface area contributed by atoms with E-state index in [1.807, 2.05) is 0 Å². The third-order valence-corrected chi connectivity index (χ3v) is 5.40. The van der Waals surface area contributed by atoms with Crippen molar-refractivity contribution >= 4 is 17.3 Å². The molecule has 0 saturated carbocycles. The third kappa shape index (κ3) is 12.0. The van der Waals surface area contributed by atoms with Crippen LogP contribution in [0.15, 0.2) is 23.3 Å². The molecule has 0 aliphatic carbocycles. The van der Waals surface area contributed by atoms with Crippen LogP contribution in [0.1, 0.15) is 107 Å². The van der Waals surface area contributed by atoms with Gasteiger partial charge >= 0.3 is 0 Å². The maximum Gasteiger partial charge on any atom is 0.282 e. The summed E-state index contributed by atoms with van der Waals surface area (Å²) in [5, 5.41) is 17.3. The maximum atomic E-state index is 12.3. The van der Waals surface area contributed by atoms with E-state index in [9.17, 15) is 14.9 Å². The van der Waals surface area contributed by atoms with E-state index in [2.05, 4.69) is 22.3 Å². The Morgan fingerprint density at radius 2 is 1.48 bits per heavy atom. The normalized spacial score (nSPS) is 10.5. The molecule has 1 amide bonds. The molecule has 0 aliphatic rings. The van der Waals surface area contributed by atoms with Crippen LogP contribution in [-0.4, -0.2) is 17.4 Å². The number of amides is 1. The van der Waals surface area contributed by atoms with E-state index < -0.39 is 10.8 Å². The highest BCUT2D eigenvalue weighted by Gasteiger charge is 2.20. The molecule has 0 aliphatic heterocycles. The van der Waals surface area contributed by atoms with Crippen molar-refractivity contribution in [3.8, 4) is 0 Å². The first-order chi connectivity index (χ1) is 15.1. The average molecular weight is 432 g/mol. The molecule has 1 rings (SSSR count). The predicted octanol–water partition coefficient (Wildman–Crippen LogP) is 7.75. The fraction of sp³-hybridized carbons (Fsp3) is 0.696. The lowest BCUT2D eigenvalue weighted by Gasteiger charge is -2.07. The number of nitrogens with zero attached hydrogens (tertiary/aromatic N) is 4. The number of unbranched alkanes of at least 4 members (excludes halogenated alkanes) is 13. The van der Waals surface area contributed by atoms with Gasteiger partial charge in [-0.15, -0.1) is 0 Å². The van der Waals surface area contributed by atoms with Gasteiger partial charge in [-0.3, -0.25) is 14.9 Å². The van der Waals surface area contributed by atoms with Crippen LogP contribution in [0.4, 0.5) is 11.4 Å². The molecule has 0 heterocycles. The van der Waals surface area contributed by atoms with Gasteiger partial charge in [-0.2, -0.15) is 0 Å². The summed E-state index contributed by atoms with van der Waals surface area (Å²) < 4.78 is 0. The second-order valence-corrected chi connectivity index (χ2v) is 8.00. The van der Waals surface area contributed by atoms with Crippen LogP contribution in [0, 0.1) is 10.1 Å². The molecule has 0 bridgehead atoms. The van der Waals surface area contributed by atoms with E-state index >= 15 is 0 Å². The number of hydrogen-bond acceptors (Lipinski definition) is 4. The van der Waals surface area contributed by atoms with Gasteiger partial charge in [-0.25, -0.2) is 0 Å². The molecular weight excluding hydrogens is 394 g/mol. The minimum atomic E-state index is -0.610. The van der Waals surface area contributed by atoms with E-state index in [0.717, 1.165) is 19.3 Å². The SMILES string of the molecule is CCCCCCCCCCCCCCCCNC(=O)c1cc(N=[N+]=[N-])ccc1[N+](=O)[O-]. The van der Waals surface area contributed by atoms with Crippen LogP contribution in [0.2, 0.25) is 0 Å². The van der Waals surface area contributed by atoms with Crippen LogP contribution in [-0.2, 0) is 0 Å². The summed E-state index contributed by atoms with van der Waals surface area (Å²) in [6, 6.07) is 3.76. The fourth-order valence-corrected chi connectivity index (χ4v) is 3.60. The summed E-state index contributed by atoms with van der Waals surface area (Å²) in [6.07, 6.45) is 17.7. The second kappa shape index (κ2) is 17.1. The molecule has 0 atom stereocenters. The second-order valence-electron chi connectivity index (χ2n) is 8.00. The summed E-state index contributed by atoms with van der Waals surface area (Å²) in [4.78, 5) is 25.5. The summed E-state index contributed by atoms with van der Waals surface area (Å²) in [5.74, 6) is -0.517. The van der Waals surface area contributed by atoms with Gasteiger partial charge in [0.25, 0.3) is 11.6 Å². The number of carbonyl (C=O) groups excluding carboxylic acids is 1. The van der Waals surface area contributed by atoms with Crippen LogP contribution in [0.25, 0.3) is 10.4 Å². The topological polar surface area (TPSA) is 121 Å². The molecule has 8 nitrogen and oxygen atoms in total. The van der Waals surface area contributed by atoms with Crippen molar-refractivity contribution in [3.63, 3.8) is 0 Å². The smallest absolute Gasteiger partial charge is 0.282 e. The van der Waals surface area contributed by atoms with Crippen molar-refractivity contribution in [1.29, 1.82) is 0 Å². The predicted molar refractivity (Wildman–Crippen MR) is 125 cm³/mol. The number of nitrogens with one attached hydrogen (secondary N) is 1. The van der Waals surface area contributed by atoms with Gasteiger partial charge < -0.3 is 5.32 Å². The van der Waals surface area contributed by atoms with Crippen LogP contribution in [0.3, 0.4) is 0 Å². The average Bonchev–Trinajstić information content (AvgIpc) is 2.76. The Morgan fingerprint density at radius 3 is 1.97 bits per heavy atom. The molecule has 31 heavy (non-hydrogen) atoms. The number of benzene rings is 1. The van der Waals surface area contributed by atoms with E-state index in [1.165, 1.54) is 88.8 Å². The van der Waals surface area contributed by atoms with Gasteiger partial charge in [0.05, 0.1) is 4.92 Å². The highest BCUT2D eigenvalue weighted by atomic mass is 16.6. The van der Waals surface area contributed by atoms with Crippen LogP contribution < -0.4 is 5.32 Å². The molecular formula is C23H37N5O3. The highest BCUT2D eigenvalue weighted by molar-refractivity contribution is 5.98. The summed E-state index contributed by atoms with van der Waals surface area (Å²) in [5.41, 5.74) is 8.30. The lowest BCUT2D eigenvalue weighted by atomic mass is 10.0. The summed E-state index contributed by atoms with van der Waals surface area (Å²) in [6.45, 7) is 2.72. The van der Waals surface area contributed by atoms with Crippen molar-refractivity contribution in [2.75, 3.05) is 6.54 Å². The zero-order valence-corrected chi connectivity index (χ0v) is 18.9. The lowest BCUT2D eigenvalue weighted by molar-refractivity contribution is -0.385. The van der Waals surface area contributed by atoms with Crippen molar-refractivity contribution in [1.82, 2.24) is 5.32 Å². The molecule has 1 aromatic carbocycles.